The van der Waals surface area contributed by atoms with Crippen molar-refractivity contribution in [3.05, 3.63) is 25.6 Å². The lowest BCUT2D eigenvalue weighted by Crippen LogP contribution is -2.31. The van der Waals surface area contributed by atoms with Crippen molar-refractivity contribution >= 4 is 45.5 Å². The molecule has 0 fully saturated rings. The molecule has 0 aliphatic rings. The Kier molecular flexibility index (Phi) is 3.95. The van der Waals surface area contributed by atoms with E-state index in [1.807, 2.05) is 13.8 Å². The van der Waals surface area contributed by atoms with Crippen LogP contribution in [0.3, 0.4) is 0 Å². The predicted molar refractivity (Wildman–Crippen MR) is 88.3 cm³/mol. The van der Waals surface area contributed by atoms with E-state index in [2.05, 4.69) is 25.1 Å². The highest BCUT2D eigenvalue weighted by Crippen LogP contribution is 2.27. The number of rotatable bonds is 3. The summed E-state index contributed by atoms with van der Waals surface area (Å²) in [6.07, 6.45) is 2.05. The summed E-state index contributed by atoms with van der Waals surface area (Å²) in [6.45, 7) is 8.89. The van der Waals surface area contributed by atoms with Crippen molar-refractivity contribution in [2.75, 3.05) is 6.26 Å². The van der Waals surface area contributed by atoms with Crippen LogP contribution in [-0.2, 0) is 6.54 Å². The number of aryl methyl sites for hydroxylation is 2. The van der Waals surface area contributed by atoms with E-state index >= 15 is 0 Å². The monoisotopic (exact) mass is 314 g/mol. The number of nitrogens with zero attached hydrogens (tertiary/aromatic N) is 1. The van der Waals surface area contributed by atoms with Crippen molar-refractivity contribution in [1.82, 2.24) is 9.55 Å². The van der Waals surface area contributed by atoms with Crippen molar-refractivity contribution in [1.29, 1.82) is 0 Å². The van der Waals surface area contributed by atoms with Gasteiger partial charge in [-0.25, -0.2) is 0 Å². The fraction of sp³-hybridized carbons (Fsp3) is 0.538. The van der Waals surface area contributed by atoms with Gasteiger partial charge < -0.3 is 4.98 Å². The van der Waals surface area contributed by atoms with E-state index in [-0.39, 0.29) is 10.3 Å². The molecular weight excluding hydrogens is 296 g/mol. The minimum absolute atomic E-state index is 0.0160. The minimum Gasteiger partial charge on any atom is -0.323 e. The van der Waals surface area contributed by atoms with Crippen molar-refractivity contribution in [2.24, 2.45) is 0 Å². The zero-order chi connectivity index (χ0) is 14.4. The molecule has 2 rings (SSSR count). The van der Waals surface area contributed by atoms with Crippen LogP contribution in [0.5, 0.6) is 0 Å². The first-order chi connectivity index (χ1) is 8.76. The van der Waals surface area contributed by atoms with Gasteiger partial charge in [-0.2, -0.15) is 11.8 Å². The summed E-state index contributed by atoms with van der Waals surface area (Å²) in [7, 11) is 0. The van der Waals surface area contributed by atoms with Gasteiger partial charge in [-0.3, -0.25) is 9.36 Å². The lowest BCUT2D eigenvalue weighted by atomic mass is 10.2. The zero-order valence-corrected chi connectivity index (χ0v) is 14.2. The van der Waals surface area contributed by atoms with Gasteiger partial charge in [0.1, 0.15) is 4.83 Å². The molecule has 0 aliphatic carbocycles. The fourth-order valence-electron chi connectivity index (χ4n) is 1.95. The molecule has 2 heterocycles. The molecule has 0 saturated heterocycles. The molecule has 3 nitrogen and oxygen atoms in total. The van der Waals surface area contributed by atoms with Gasteiger partial charge in [-0.1, -0.05) is 0 Å². The van der Waals surface area contributed by atoms with Crippen LogP contribution in [0.4, 0.5) is 0 Å². The normalized spacial score (nSPS) is 12.3. The van der Waals surface area contributed by atoms with Crippen molar-refractivity contribution in [2.45, 2.75) is 39.0 Å². The van der Waals surface area contributed by atoms with E-state index in [1.165, 1.54) is 4.88 Å². The van der Waals surface area contributed by atoms with E-state index in [9.17, 15) is 4.79 Å². The third kappa shape index (κ3) is 2.66. The third-order valence-corrected chi connectivity index (χ3v) is 6.08. The number of thiophene rings is 1. The third-order valence-electron chi connectivity index (χ3n) is 3.40. The Balaban J connectivity index is 2.73. The second kappa shape index (κ2) is 5.07. The van der Waals surface area contributed by atoms with Crippen LogP contribution in [0.25, 0.3) is 10.2 Å². The lowest BCUT2D eigenvalue weighted by molar-refractivity contribution is 0.545. The standard InChI is InChI=1S/C13H18N2OS3/c1-7-8(2)19-10-9(7)11(16)15(12(17)14-10)6-13(3,4)18-5/h6H2,1-5H3,(H,14,17). The highest BCUT2D eigenvalue weighted by Gasteiger charge is 2.20. The van der Waals surface area contributed by atoms with E-state index in [0.29, 0.717) is 11.3 Å². The maximum atomic E-state index is 12.7. The van der Waals surface area contributed by atoms with Gasteiger partial charge in [0.2, 0.25) is 0 Å². The van der Waals surface area contributed by atoms with Crippen LogP contribution in [0.1, 0.15) is 24.3 Å². The molecule has 0 bridgehead atoms. The second-order valence-corrected chi connectivity index (χ2v) is 8.40. The maximum absolute atomic E-state index is 12.7. The Hall–Kier alpha value is -0.590. The zero-order valence-electron chi connectivity index (χ0n) is 11.8. The molecule has 19 heavy (non-hydrogen) atoms. The predicted octanol–water partition coefficient (Wildman–Crippen LogP) is 3.88. The van der Waals surface area contributed by atoms with Crippen molar-refractivity contribution in [3.63, 3.8) is 0 Å². The lowest BCUT2D eigenvalue weighted by Gasteiger charge is -2.22. The second-order valence-electron chi connectivity index (χ2n) is 5.27. The number of fused-ring (bicyclic) bond motifs is 1. The maximum Gasteiger partial charge on any atom is 0.263 e. The number of aromatic amines is 1. The summed E-state index contributed by atoms with van der Waals surface area (Å²) in [5.41, 5.74) is 1.09. The van der Waals surface area contributed by atoms with Gasteiger partial charge in [0.05, 0.1) is 5.39 Å². The van der Waals surface area contributed by atoms with Crippen molar-refractivity contribution < 1.29 is 0 Å². The van der Waals surface area contributed by atoms with E-state index < -0.39 is 0 Å². The minimum atomic E-state index is -0.0160. The molecule has 0 unspecified atom stereocenters. The van der Waals surface area contributed by atoms with Crippen LogP contribution in [0, 0.1) is 18.6 Å². The molecule has 2 aromatic heterocycles. The highest BCUT2D eigenvalue weighted by molar-refractivity contribution is 7.99. The molecule has 104 valence electrons. The molecule has 0 atom stereocenters. The Labute approximate surface area is 126 Å². The SMILES string of the molecule is CSC(C)(C)Cn1c(=S)[nH]c2sc(C)c(C)c2c1=O. The van der Waals surface area contributed by atoms with Gasteiger partial charge in [-0.05, 0) is 51.7 Å². The summed E-state index contributed by atoms with van der Waals surface area (Å²) in [5.74, 6) is 0. The molecule has 0 saturated carbocycles. The summed E-state index contributed by atoms with van der Waals surface area (Å²) < 4.78 is 2.19. The van der Waals surface area contributed by atoms with Gasteiger partial charge in [0.15, 0.2) is 4.77 Å². The molecular formula is C13H18N2OS3. The Morgan fingerprint density at radius 2 is 2.05 bits per heavy atom. The van der Waals surface area contributed by atoms with E-state index in [4.69, 9.17) is 12.2 Å². The van der Waals surface area contributed by atoms with Crippen LogP contribution < -0.4 is 5.56 Å². The summed E-state index contributed by atoms with van der Waals surface area (Å²) in [4.78, 5) is 17.9. The van der Waals surface area contributed by atoms with E-state index in [0.717, 1.165) is 15.8 Å². The Morgan fingerprint density at radius 1 is 1.42 bits per heavy atom. The van der Waals surface area contributed by atoms with Crippen LogP contribution in [0.2, 0.25) is 0 Å². The number of nitrogens with one attached hydrogen (secondary N) is 1. The number of hydrogen-bond acceptors (Lipinski definition) is 4. The largest absolute Gasteiger partial charge is 0.323 e. The molecule has 0 aliphatic heterocycles. The fourth-order valence-corrected chi connectivity index (χ4v) is 3.58. The van der Waals surface area contributed by atoms with Gasteiger partial charge in [-0.15, -0.1) is 11.3 Å². The van der Waals surface area contributed by atoms with Crippen molar-refractivity contribution in [3.8, 4) is 0 Å². The number of hydrogen-bond donors (Lipinski definition) is 1. The average molecular weight is 315 g/mol. The summed E-state index contributed by atoms with van der Waals surface area (Å²) in [6, 6.07) is 0. The molecule has 6 heteroatoms. The van der Waals surface area contributed by atoms with E-state index in [1.54, 1.807) is 27.7 Å². The highest BCUT2D eigenvalue weighted by atomic mass is 32.2. The molecule has 0 spiro atoms. The molecule has 0 radical (unpaired) electrons. The molecule has 2 aromatic rings. The quantitative estimate of drug-likeness (QED) is 0.874. The first-order valence-corrected chi connectivity index (χ1v) is 8.50. The topological polar surface area (TPSA) is 37.8 Å². The van der Waals surface area contributed by atoms with Crippen LogP contribution >= 0.6 is 35.3 Å². The first-order valence-electron chi connectivity index (χ1n) is 6.05. The first kappa shape index (κ1) is 14.8. The number of H-pyrrole nitrogens is 1. The average Bonchev–Trinajstić information content (AvgIpc) is 2.60. The van der Waals surface area contributed by atoms with Gasteiger partial charge in [0.25, 0.3) is 5.56 Å². The smallest absolute Gasteiger partial charge is 0.263 e. The van der Waals surface area contributed by atoms with Crippen LogP contribution in [0.15, 0.2) is 4.79 Å². The number of aromatic nitrogens is 2. The molecule has 1 N–H and O–H groups in total. The summed E-state index contributed by atoms with van der Waals surface area (Å²) >= 11 is 8.68. The Bertz CT molecular complexity index is 737. The number of thioether (sulfide) groups is 1. The van der Waals surface area contributed by atoms with Crippen LogP contribution in [-0.4, -0.2) is 20.6 Å². The summed E-state index contributed by atoms with van der Waals surface area (Å²) in [5, 5.41) is 0.785. The Morgan fingerprint density at radius 3 is 2.63 bits per heavy atom. The van der Waals surface area contributed by atoms with Gasteiger partial charge >= 0.3 is 0 Å². The molecule has 0 aromatic carbocycles. The molecule has 0 amide bonds. The van der Waals surface area contributed by atoms with Gasteiger partial charge in [0, 0.05) is 16.2 Å².